The summed E-state index contributed by atoms with van der Waals surface area (Å²) < 4.78 is 30.7. The van der Waals surface area contributed by atoms with E-state index in [-0.39, 0.29) is 30.9 Å². The summed E-state index contributed by atoms with van der Waals surface area (Å²) >= 11 is 0. The zero-order valence-electron chi connectivity index (χ0n) is 13.4. The Labute approximate surface area is 128 Å². The predicted molar refractivity (Wildman–Crippen MR) is 83.4 cm³/mol. The molecule has 1 amide bonds. The molecule has 0 fully saturated rings. The van der Waals surface area contributed by atoms with Crippen LogP contribution in [0.3, 0.4) is 0 Å². The minimum absolute atomic E-state index is 0.0238. The van der Waals surface area contributed by atoms with Gasteiger partial charge in [-0.05, 0) is 26.7 Å². The Morgan fingerprint density at radius 2 is 1.86 bits per heavy atom. The Morgan fingerprint density at radius 3 is 2.33 bits per heavy atom. The number of amides is 1. The highest BCUT2D eigenvalue weighted by Gasteiger charge is 2.21. The fraction of sp³-hybridized carbons (Fsp3) is 0.923. The van der Waals surface area contributed by atoms with Crippen LogP contribution in [0.25, 0.3) is 0 Å². The summed E-state index contributed by atoms with van der Waals surface area (Å²) in [6.07, 6.45) is 1.45. The number of rotatable bonds is 11. The monoisotopic (exact) mass is 323 g/mol. The summed E-state index contributed by atoms with van der Waals surface area (Å²) in [5.74, 6) is -0.552. The lowest BCUT2D eigenvalue weighted by Gasteiger charge is -2.26. The van der Waals surface area contributed by atoms with E-state index in [1.54, 1.807) is 0 Å². The molecule has 4 N–H and O–H groups in total. The molecular weight excluding hydrogens is 294 g/mol. The van der Waals surface area contributed by atoms with E-state index in [1.807, 2.05) is 27.7 Å². The first-order valence-corrected chi connectivity index (χ1v) is 8.94. The molecule has 0 bridgehead atoms. The molecule has 0 aromatic rings. The highest BCUT2D eigenvalue weighted by molar-refractivity contribution is 7.89. The van der Waals surface area contributed by atoms with Gasteiger partial charge >= 0.3 is 0 Å². The van der Waals surface area contributed by atoms with Crippen molar-refractivity contribution >= 4 is 15.9 Å². The van der Waals surface area contributed by atoms with E-state index in [4.69, 9.17) is 10.5 Å². The zero-order valence-corrected chi connectivity index (χ0v) is 14.3. The van der Waals surface area contributed by atoms with Crippen molar-refractivity contribution in [1.82, 2.24) is 10.0 Å². The van der Waals surface area contributed by atoms with Crippen molar-refractivity contribution in [3.8, 4) is 0 Å². The van der Waals surface area contributed by atoms with E-state index in [0.717, 1.165) is 12.8 Å². The van der Waals surface area contributed by atoms with Gasteiger partial charge in [-0.1, -0.05) is 13.8 Å². The molecular formula is C13H29N3O4S. The van der Waals surface area contributed by atoms with Gasteiger partial charge in [0.25, 0.3) is 0 Å². The fourth-order valence-electron chi connectivity index (χ4n) is 1.48. The number of hydrogen-bond donors (Lipinski definition) is 3. The van der Waals surface area contributed by atoms with E-state index >= 15 is 0 Å². The van der Waals surface area contributed by atoms with Crippen LogP contribution in [0.5, 0.6) is 0 Å². The van der Waals surface area contributed by atoms with E-state index < -0.39 is 15.6 Å². The molecule has 0 atom stereocenters. The van der Waals surface area contributed by atoms with Crippen molar-refractivity contribution in [2.24, 2.45) is 5.73 Å². The number of carbonyl (C=O) groups is 1. The average molecular weight is 323 g/mol. The Balaban J connectivity index is 4.07. The molecule has 0 saturated carbocycles. The molecule has 0 unspecified atom stereocenters. The molecule has 21 heavy (non-hydrogen) atoms. The predicted octanol–water partition coefficient (Wildman–Crippen LogP) is -0.0355. The van der Waals surface area contributed by atoms with Gasteiger partial charge in [0.15, 0.2) is 0 Å². The van der Waals surface area contributed by atoms with Crippen molar-refractivity contribution in [1.29, 1.82) is 0 Å². The van der Waals surface area contributed by atoms with Crippen LogP contribution < -0.4 is 15.8 Å². The maximum atomic E-state index is 11.6. The molecule has 0 heterocycles. The van der Waals surface area contributed by atoms with Gasteiger partial charge < -0.3 is 15.8 Å². The molecule has 0 spiro atoms. The second kappa shape index (κ2) is 9.34. The summed E-state index contributed by atoms with van der Waals surface area (Å²) in [7, 11) is -3.50. The Morgan fingerprint density at radius 1 is 1.29 bits per heavy atom. The molecule has 0 aliphatic carbocycles. The molecule has 0 aliphatic rings. The van der Waals surface area contributed by atoms with Crippen LogP contribution in [-0.2, 0) is 19.6 Å². The summed E-state index contributed by atoms with van der Waals surface area (Å²) in [5, 5.41) is 2.65. The fourth-order valence-corrected chi connectivity index (χ4v) is 2.29. The van der Waals surface area contributed by atoms with Gasteiger partial charge in [0.1, 0.15) is 0 Å². The van der Waals surface area contributed by atoms with Gasteiger partial charge in [0.2, 0.25) is 15.9 Å². The summed E-state index contributed by atoms with van der Waals surface area (Å²) in [5.41, 5.74) is 5.61. The van der Waals surface area contributed by atoms with E-state index in [2.05, 4.69) is 10.0 Å². The van der Waals surface area contributed by atoms with Gasteiger partial charge in [-0.3, -0.25) is 4.79 Å². The third kappa shape index (κ3) is 9.78. The maximum Gasteiger partial charge on any atom is 0.235 e. The van der Waals surface area contributed by atoms with Crippen LogP contribution in [-0.4, -0.2) is 51.4 Å². The third-order valence-corrected chi connectivity index (χ3v) is 4.59. The number of sulfonamides is 1. The topological polar surface area (TPSA) is 111 Å². The standard InChI is InChI=1S/C13H29N3O4S/c1-5-13(14,6-2)10-15-12(17)9-16-21(18,19)8-7-20-11(3)4/h11,16H,5-10,14H2,1-4H3,(H,15,17). The second-order valence-corrected chi connectivity index (χ2v) is 7.33. The average Bonchev–Trinajstić information content (AvgIpc) is 2.42. The van der Waals surface area contributed by atoms with Crippen molar-refractivity contribution in [3.05, 3.63) is 0 Å². The van der Waals surface area contributed by atoms with Gasteiger partial charge in [-0.25, -0.2) is 13.1 Å². The van der Waals surface area contributed by atoms with Crippen molar-refractivity contribution in [2.75, 3.05) is 25.4 Å². The van der Waals surface area contributed by atoms with Crippen molar-refractivity contribution in [3.63, 3.8) is 0 Å². The normalized spacial score (nSPS) is 12.7. The number of nitrogens with two attached hydrogens (primary N) is 1. The lowest BCUT2D eigenvalue weighted by Crippen LogP contribution is -2.51. The van der Waals surface area contributed by atoms with E-state index in [1.165, 1.54) is 0 Å². The summed E-state index contributed by atoms with van der Waals surface area (Å²) in [6, 6.07) is 0. The largest absolute Gasteiger partial charge is 0.378 e. The van der Waals surface area contributed by atoms with Gasteiger partial charge in [-0.2, -0.15) is 0 Å². The SMILES string of the molecule is CCC(N)(CC)CNC(=O)CNS(=O)(=O)CCOC(C)C. The molecule has 0 radical (unpaired) electrons. The van der Waals surface area contributed by atoms with E-state index in [0.29, 0.717) is 6.54 Å². The number of nitrogens with one attached hydrogen (secondary N) is 2. The molecule has 0 aromatic heterocycles. The number of hydrogen-bond acceptors (Lipinski definition) is 5. The van der Waals surface area contributed by atoms with Gasteiger partial charge in [0.05, 0.1) is 25.0 Å². The quantitative estimate of drug-likeness (QED) is 0.494. The molecule has 126 valence electrons. The van der Waals surface area contributed by atoms with Crippen molar-refractivity contribution < 1.29 is 17.9 Å². The lowest BCUT2D eigenvalue weighted by atomic mass is 9.94. The number of carbonyl (C=O) groups excluding carboxylic acids is 1. The van der Waals surface area contributed by atoms with Crippen LogP contribution in [0.2, 0.25) is 0 Å². The van der Waals surface area contributed by atoms with Crippen LogP contribution in [0, 0.1) is 0 Å². The zero-order chi connectivity index (χ0) is 16.5. The highest BCUT2D eigenvalue weighted by Crippen LogP contribution is 2.08. The summed E-state index contributed by atoms with van der Waals surface area (Å²) in [4.78, 5) is 11.6. The van der Waals surface area contributed by atoms with Crippen LogP contribution >= 0.6 is 0 Å². The first-order valence-electron chi connectivity index (χ1n) is 7.28. The first kappa shape index (κ1) is 20.3. The van der Waals surface area contributed by atoms with Gasteiger partial charge in [0, 0.05) is 12.1 Å². The third-order valence-electron chi connectivity index (χ3n) is 3.30. The minimum atomic E-state index is -3.50. The maximum absolute atomic E-state index is 11.6. The molecule has 8 heteroatoms. The van der Waals surface area contributed by atoms with Crippen molar-refractivity contribution in [2.45, 2.75) is 52.2 Å². The number of ether oxygens (including phenoxy) is 1. The Bertz CT molecular complexity index is 406. The minimum Gasteiger partial charge on any atom is -0.378 e. The molecule has 0 rings (SSSR count). The molecule has 7 nitrogen and oxygen atoms in total. The Hall–Kier alpha value is -0.700. The lowest BCUT2D eigenvalue weighted by molar-refractivity contribution is -0.120. The molecule has 0 aliphatic heterocycles. The van der Waals surface area contributed by atoms with Crippen LogP contribution in [0.1, 0.15) is 40.5 Å². The smallest absolute Gasteiger partial charge is 0.235 e. The molecule has 0 saturated heterocycles. The van der Waals surface area contributed by atoms with Crippen LogP contribution in [0.4, 0.5) is 0 Å². The van der Waals surface area contributed by atoms with Crippen LogP contribution in [0.15, 0.2) is 0 Å². The molecule has 0 aromatic carbocycles. The summed E-state index contributed by atoms with van der Waals surface area (Å²) in [6.45, 7) is 7.71. The second-order valence-electron chi connectivity index (χ2n) is 5.41. The first-order chi connectivity index (χ1) is 9.64. The Kier molecular flexibility index (Phi) is 9.03. The van der Waals surface area contributed by atoms with Gasteiger partial charge in [-0.15, -0.1) is 0 Å². The highest BCUT2D eigenvalue weighted by atomic mass is 32.2. The van der Waals surface area contributed by atoms with E-state index in [9.17, 15) is 13.2 Å².